The van der Waals surface area contributed by atoms with Crippen molar-refractivity contribution in [1.82, 2.24) is 14.7 Å². The van der Waals surface area contributed by atoms with E-state index < -0.39 is 10.0 Å². The maximum Gasteiger partial charge on any atom is 0.304 e. The van der Waals surface area contributed by atoms with Gasteiger partial charge < -0.3 is 10.3 Å². The van der Waals surface area contributed by atoms with Gasteiger partial charge in [0.15, 0.2) is 0 Å². The first-order chi connectivity index (χ1) is 9.51. The zero-order valence-electron chi connectivity index (χ0n) is 10.7. The summed E-state index contributed by atoms with van der Waals surface area (Å²) in [6, 6.07) is 3.08. The molecule has 2 heterocycles. The summed E-state index contributed by atoms with van der Waals surface area (Å²) in [7, 11) is -3.64. The number of aromatic nitrogens is 2. The van der Waals surface area contributed by atoms with Crippen molar-refractivity contribution in [1.29, 1.82) is 0 Å². The summed E-state index contributed by atoms with van der Waals surface area (Å²) in [6.07, 6.45) is 1.29. The van der Waals surface area contributed by atoms with Crippen LogP contribution in [0.25, 0.3) is 0 Å². The van der Waals surface area contributed by atoms with E-state index in [1.54, 1.807) is 11.4 Å². The van der Waals surface area contributed by atoms with Gasteiger partial charge in [-0.15, -0.1) is 0 Å². The average molecular weight is 314 g/mol. The van der Waals surface area contributed by atoms with Gasteiger partial charge in [-0.1, -0.05) is 11.3 Å². The molecule has 0 atom stereocenters. The van der Waals surface area contributed by atoms with Gasteiger partial charge in [-0.3, -0.25) is 4.79 Å². The fourth-order valence-electron chi connectivity index (χ4n) is 1.48. The summed E-state index contributed by atoms with van der Waals surface area (Å²) in [4.78, 5) is 17.4. The van der Waals surface area contributed by atoms with Crippen LogP contribution in [0.4, 0.5) is 5.82 Å². The third kappa shape index (κ3) is 3.65. The van der Waals surface area contributed by atoms with Gasteiger partial charge in [-0.2, -0.15) is 0 Å². The Morgan fingerprint density at radius 3 is 2.75 bits per heavy atom. The van der Waals surface area contributed by atoms with Crippen molar-refractivity contribution >= 4 is 27.2 Å². The number of nitrogens with one attached hydrogen (secondary N) is 3. The summed E-state index contributed by atoms with van der Waals surface area (Å²) < 4.78 is 26.4. The quantitative estimate of drug-likeness (QED) is 0.729. The molecule has 3 N–H and O–H groups in total. The van der Waals surface area contributed by atoms with Gasteiger partial charge in [0.25, 0.3) is 0 Å². The number of nitrogens with zero attached hydrogens (tertiary/aromatic N) is 1. The molecule has 0 fully saturated rings. The Balaban J connectivity index is 2.07. The van der Waals surface area contributed by atoms with Gasteiger partial charge in [-0.25, -0.2) is 18.1 Å². The molecule has 0 saturated carbocycles. The highest BCUT2D eigenvalue weighted by molar-refractivity contribution is 7.89. The van der Waals surface area contributed by atoms with E-state index in [4.69, 9.17) is 0 Å². The Hall–Kier alpha value is -1.71. The molecule has 0 aliphatic carbocycles. The van der Waals surface area contributed by atoms with E-state index in [0.29, 0.717) is 18.1 Å². The number of hydrogen-bond acceptors (Lipinski definition) is 6. The average Bonchev–Trinajstić information content (AvgIpc) is 2.84. The largest absolute Gasteiger partial charge is 0.370 e. The van der Waals surface area contributed by atoms with Crippen LogP contribution in [0.1, 0.15) is 12.6 Å². The minimum atomic E-state index is -3.64. The van der Waals surface area contributed by atoms with E-state index in [9.17, 15) is 13.2 Å². The summed E-state index contributed by atoms with van der Waals surface area (Å²) in [5.41, 5.74) is 0.529. The van der Waals surface area contributed by atoms with Crippen LogP contribution in [-0.4, -0.2) is 24.9 Å². The number of rotatable bonds is 6. The molecule has 0 radical (unpaired) electrons. The van der Waals surface area contributed by atoms with Crippen LogP contribution in [0.2, 0.25) is 0 Å². The second-order valence-electron chi connectivity index (χ2n) is 3.91. The van der Waals surface area contributed by atoms with Crippen LogP contribution in [-0.2, 0) is 16.6 Å². The molecular weight excluding hydrogens is 300 g/mol. The first-order valence-corrected chi connectivity index (χ1v) is 8.24. The van der Waals surface area contributed by atoms with E-state index in [1.165, 1.54) is 12.3 Å². The monoisotopic (exact) mass is 314 g/mol. The van der Waals surface area contributed by atoms with Crippen molar-refractivity contribution in [2.45, 2.75) is 18.4 Å². The number of anilines is 1. The molecule has 0 aliphatic rings. The minimum absolute atomic E-state index is 0.0377. The van der Waals surface area contributed by atoms with Crippen molar-refractivity contribution in [3.63, 3.8) is 0 Å². The first kappa shape index (κ1) is 14.7. The molecule has 2 aromatic heterocycles. The molecule has 0 spiro atoms. The molecule has 0 amide bonds. The van der Waals surface area contributed by atoms with Gasteiger partial charge in [0.1, 0.15) is 10.7 Å². The molecular formula is C11H14N4O3S2. The van der Waals surface area contributed by atoms with Crippen molar-refractivity contribution in [3.05, 3.63) is 39.1 Å². The predicted octanol–water partition coefficient (Wildman–Crippen LogP) is 0.742. The highest BCUT2D eigenvalue weighted by Gasteiger charge is 2.14. The van der Waals surface area contributed by atoms with Crippen molar-refractivity contribution in [3.8, 4) is 0 Å². The van der Waals surface area contributed by atoms with Gasteiger partial charge in [0, 0.05) is 23.8 Å². The number of aromatic amines is 1. The molecule has 0 unspecified atom stereocenters. The van der Waals surface area contributed by atoms with Gasteiger partial charge in [-0.05, 0) is 19.1 Å². The van der Waals surface area contributed by atoms with E-state index in [1.807, 2.05) is 6.92 Å². The predicted molar refractivity (Wildman–Crippen MR) is 77.4 cm³/mol. The zero-order valence-corrected chi connectivity index (χ0v) is 12.3. The fraction of sp³-hybridized carbons (Fsp3) is 0.273. The van der Waals surface area contributed by atoms with E-state index in [0.717, 1.165) is 11.3 Å². The summed E-state index contributed by atoms with van der Waals surface area (Å²) in [6.45, 7) is 2.68. The summed E-state index contributed by atoms with van der Waals surface area (Å²) in [5.74, 6) is 0.619. The number of hydrogen-bond donors (Lipinski definition) is 3. The Bertz CT molecular complexity index is 719. The lowest BCUT2D eigenvalue weighted by atomic mass is 10.4. The lowest BCUT2D eigenvalue weighted by Crippen LogP contribution is -2.23. The summed E-state index contributed by atoms with van der Waals surface area (Å²) >= 11 is 0.992. The second-order valence-corrected chi connectivity index (χ2v) is 6.52. The molecule has 0 aromatic carbocycles. The Labute approximate surface area is 120 Å². The lowest BCUT2D eigenvalue weighted by Gasteiger charge is -2.06. The third-order valence-electron chi connectivity index (χ3n) is 2.43. The fourth-order valence-corrected chi connectivity index (χ4v) is 3.01. The molecule has 9 heteroatoms. The highest BCUT2D eigenvalue weighted by atomic mass is 32.2. The molecule has 20 heavy (non-hydrogen) atoms. The minimum Gasteiger partial charge on any atom is -0.370 e. The first-order valence-electron chi connectivity index (χ1n) is 5.87. The lowest BCUT2D eigenvalue weighted by molar-refractivity contribution is 0.580. The molecule has 0 bridgehead atoms. The Morgan fingerprint density at radius 2 is 2.20 bits per heavy atom. The van der Waals surface area contributed by atoms with Crippen molar-refractivity contribution in [2.24, 2.45) is 0 Å². The van der Waals surface area contributed by atoms with Gasteiger partial charge in [0.2, 0.25) is 10.0 Å². The van der Waals surface area contributed by atoms with Gasteiger partial charge >= 0.3 is 4.87 Å². The van der Waals surface area contributed by atoms with Crippen LogP contribution < -0.4 is 14.9 Å². The number of pyridine rings is 1. The van der Waals surface area contributed by atoms with Crippen LogP contribution in [0.15, 0.2) is 33.4 Å². The van der Waals surface area contributed by atoms with Crippen LogP contribution in [0.5, 0.6) is 0 Å². The van der Waals surface area contributed by atoms with Crippen LogP contribution in [0.3, 0.4) is 0 Å². The van der Waals surface area contributed by atoms with Crippen molar-refractivity contribution in [2.75, 3.05) is 11.9 Å². The van der Waals surface area contributed by atoms with E-state index in [2.05, 4.69) is 20.0 Å². The molecule has 0 saturated heterocycles. The Morgan fingerprint density at radius 1 is 1.40 bits per heavy atom. The molecule has 7 nitrogen and oxygen atoms in total. The third-order valence-corrected chi connectivity index (χ3v) is 4.53. The zero-order chi connectivity index (χ0) is 14.6. The maximum absolute atomic E-state index is 12.0. The number of thiazole rings is 1. The molecule has 2 rings (SSSR count). The van der Waals surface area contributed by atoms with Crippen molar-refractivity contribution < 1.29 is 8.42 Å². The van der Waals surface area contributed by atoms with E-state index >= 15 is 0 Å². The van der Waals surface area contributed by atoms with Gasteiger partial charge in [0.05, 0.1) is 6.54 Å². The second kappa shape index (κ2) is 6.16. The highest BCUT2D eigenvalue weighted by Crippen LogP contribution is 2.11. The summed E-state index contributed by atoms with van der Waals surface area (Å²) in [5, 5.41) is 4.56. The molecule has 0 aliphatic heterocycles. The van der Waals surface area contributed by atoms with Crippen LogP contribution >= 0.6 is 11.3 Å². The SMILES string of the molecule is CCNc1ccc(S(=O)(=O)NCc2csc(=O)[nH]2)cn1. The topological polar surface area (TPSA) is 104 Å². The Kier molecular flexibility index (Phi) is 4.53. The standard InChI is InChI=1S/C11H14N4O3S2/c1-2-12-10-4-3-9(6-13-10)20(17,18)14-5-8-7-19-11(16)15-8/h3-4,6-7,14H,2,5H2,1H3,(H,12,13)(H,15,16). The maximum atomic E-state index is 12.0. The number of H-pyrrole nitrogens is 1. The molecule has 108 valence electrons. The molecule has 2 aromatic rings. The number of sulfonamides is 1. The smallest absolute Gasteiger partial charge is 0.304 e. The normalized spacial score (nSPS) is 11.4. The van der Waals surface area contributed by atoms with E-state index in [-0.39, 0.29) is 16.3 Å². The van der Waals surface area contributed by atoms with Crippen LogP contribution in [0, 0.1) is 0 Å².